The normalized spacial score (nSPS) is 10.1. The maximum absolute atomic E-state index is 5.69. The van der Waals surface area contributed by atoms with Gasteiger partial charge in [0.05, 0.1) is 0 Å². The first-order chi connectivity index (χ1) is 7.88. The topological polar surface area (TPSA) is 9.23 Å². The van der Waals surface area contributed by atoms with Crippen molar-refractivity contribution in [2.45, 2.75) is 11.7 Å². The summed E-state index contributed by atoms with van der Waals surface area (Å²) in [6, 6.07) is 18.5. The Bertz CT molecular complexity index is 422. The van der Waals surface area contributed by atoms with Crippen molar-refractivity contribution in [3.05, 3.63) is 65.7 Å². The molecule has 0 amide bonds. The number of ether oxygens (including phenoxy) is 1. The van der Waals surface area contributed by atoms with Gasteiger partial charge in [0.25, 0.3) is 0 Å². The van der Waals surface area contributed by atoms with E-state index in [1.165, 1.54) is 11.1 Å². The van der Waals surface area contributed by atoms with E-state index < -0.39 is 0 Å². The van der Waals surface area contributed by atoms with E-state index in [4.69, 9.17) is 4.74 Å². The van der Waals surface area contributed by atoms with Gasteiger partial charge in [0.15, 0.2) is 0 Å². The van der Waals surface area contributed by atoms with Gasteiger partial charge in [-0.05, 0) is 0 Å². The van der Waals surface area contributed by atoms with Gasteiger partial charge in [0.2, 0.25) is 0 Å². The van der Waals surface area contributed by atoms with Crippen molar-refractivity contribution in [3.63, 3.8) is 0 Å². The van der Waals surface area contributed by atoms with Crippen LogP contribution in [-0.2, 0) is 11.7 Å². The van der Waals surface area contributed by atoms with Crippen molar-refractivity contribution in [2.24, 2.45) is 0 Å². The van der Waals surface area contributed by atoms with Gasteiger partial charge >= 0.3 is 106 Å². The van der Waals surface area contributed by atoms with Crippen LogP contribution in [0.3, 0.4) is 0 Å². The molecule has 2 aromatic rings. The second kappa shape index (κ2) is 5.79. The zero-order chi connectivity index (χ0) is 11.2. The van der Waals surface area contributed by atoms with E-state index in [1.54, 1.807) is 0 Å². The number of hydrogen-bond donors (Lipinski definition) is 0. The summed E-state index contributed by atoms with van der Waals surface area (Å²) in [7, 11) is 0. The Balaban J connectivity index is 1.94. The van der Waals surface area contributed by atoms with Crippen LogP contribution in [0.2, 0.25) is 0 Å². The average molecular weight is 204 g/mol. The Morgan fingerprint density at radius 2 is 1.50 bits per heavy atom. The average Bonchev–Trinajstić information content (AvgIpc) is 2.38. The van der Waals surface area contributed by atoms with Crippen LogP contribution < -0.4 is 4.74 Å². The van der Waals surface area contributed by atoms with Gasteiger partial charge in [0, 0.05) is 0 Å². The molecule has 0 fully saturated rings. The van der Waals surface area contributed by atoms with E-state index in [-0.39, 0.29) is 0 Å². The van der Waals surface area contributed by atoms with E-state index in [0.717, 1.165) is 10.8 Å². The molecule has 2 rings (SSSR count). The molecular formula is C14H13LiO. The molecule has 1 nitrogen and oxygen atoms in total. The fourth-order valence-electron chi connectivity index (χ4n) is 1.56. The first kappa shape index (κ1) is 11.3. The SMILES string of the molecule is [Li][CH2]c1ccc(OCc2ccccc2)cc1. The molecule has 0 spiro atoms. The quantitative estimate of drug-likeness (QED) is 0.696. The summed E-state index contributed by atoms with van der Waals surface area (Å²) in [5, 5.41) is 1.07. The van der Waals surface area contributed by atoms with Gasteiger partial charge < -0.3 is 0 Å². The summed E-state index contributed by atoms with van der Waals surface area (Å²) in [5.41, 5.74) is 2.54. The summed E-state index contributed by atoms with van der Waals surface area (Å²) < 4.78 is 5.69. The third kappa shape index (κ3) is 3.17. The van der Waals surface area contributed by atoms with Gasteiger partial charge in [-0.25, -0.2) is 0 Å². The third-order valence-corrected chi connectivity index (χ3v) is 2.58. The van der Waals surface area contributed by atoms with Gasteiger partial charge in [-0.1, -0.05) is 0 Å². The minimum atomic E-state index is 0.631. The predicted octanol–water partition coefficient (Wildman–Crippen LogP) is 2.93. The van der Waals surface area contributed by atoms with E-state index in [0.29, 0.717) is 6.61 Å². The zero-order valence-corrected chi connectivity index (χ0v) is 9.52. The summed E-state index contributed by atoms with van der Waals surface area (Å²) in [6.07, 6.45) is 0. The molecule has 0 heterocycles. The molecule has 2 heteroatoms. The molecule has 16 heavy (non-hydrogen) atoms. The van der Waals surface area contributed by atoms with Crippen LogP contribution in [-0.4, -0.2) is 17.7 Å². The molecule has 0 aliphatic rings. The van der Waals surface area contributed by atoms with Gasteiger partial charge in [0.1, 0.15) is 0 Å². The minimum absolute atomic E-state index is 0.631. The Kier molecular flexibility index (Phi) is 4.10. The molecule has 0 saturated heterocycles. The van der Waals surface area contributed by atoms with Gasteiger partial charge in [-0.3, -0.25) is 0 Å². The molecule has 0 atom stereocenters. The molecule has 0 radical (unpaired) electrons. The van der Waals surface area contributed by atoms with E-state index in [1.807, 2.05) is 30.3 Å². The summed E-state index contributed by atoms with van der Waals surface area (Å²) in [5.74, 6) is 0.932. The number of rotatable bonds is 4. The summed E-state index contributed by atoms with van der Waals surface area (Å²) in [6.45, 7) is 0.631. The Morgan fingerprint density at radius 3 is 2.12 bits per heavy atom. The van der Waals surface area contributed by atoms with Crippen LogP contribution in [0.15, 0.2) is 54.6 Å². The Morgan fingerprint density at radius 1 is 0.812 bits per heavy atom. The molecule has 0 aliphatic carbocycles. The Hall–Kier alpha value is -1.16. The van der Waals surface area contributed by atoms with Crippen LogP contribution in [0.4, 0.5) is 0 Å². The first-order valence-electron chi connectivity index (χ1n) is 5.64. The summed E-state index contributed by atoms with van der Waals surface area (Å²) in [4.78, 5) is 0. The van der Waals surface area contributed by atoms with E-state index in [9.17, 15) is 0 Å². The van der Waals surface area contributed by atoms with E-state index in [2.05, 4.69) is 42.0 Å². The molecule has 2 aromatic carbocycles. The van der Waals surface area contributed by atoms with E-state index >= 15 is 0 Å². The van der Waals surface area contributed by atoms with Gasteiger partial charge in [-0.2, -0.15) is 0 Å². The van der Waals surface area contributed by atoms with Crippen molar-refractivity contribution in [1.82, 2.24) is 0 Å². The third-order valence-electron chi connectivity index (χ3n) is 2.58. The van der Waals surface area contributed by atoms with Crippen molar-refractivity contribution in [1.29, 1.82) is 0 Å². The van der Waals surface area contributed by atoms with Crippen molar-refractivity contribution < 1.29 is 4.74 Å². The molecule has 0 aromatic heterocycles. The zero-order valence-electron chi connectivity index (χ0n) is 9.52. The monoisotopic (exact) mass is 204 g/mol. The second-order valence-corrected chi connectivity index (χ2v) is 3.77. The number of benzene rings is 2. The molecule has 0 bridgehead atoms. The van der Waals surface area contributed by atoms with Gasteiger partial charge in [-0.15, -0.1) is 0 Å². The van der Waals surface area contributed by atoms with Crippen LogP contribution in [0.5, 0.6) is 5.75 Å². The van der Waals surface area contributed by atoms with Crippen LogP contribution in [0.25, 0.3) is 0 Å². The molecule has 0 saturated carbocycles. The number of hydrogen-bond acceptors (Lipinski definition) is 1. The second-order valence-electron chi connectivity index (χ2n) is 3.77. The molecule has 76 valence electrons. The fraction of sp³-hybridized carbons (Fsp3) is 0.143. The van der Waals surface area contributed by atoms with Crippen LogP contribution in [0, 0.1) is 0 Å². The predicted molar refractivity (Wildman–Crippen MR) is 66.7 cm³/mol. The molecular weight excluding hydrogens is 191 g/mol. The first-order valence-corrected chi connectivity index (χ1v) is 5.64. The molecule has 0 unspecified atom stereocenters. The van der Waals surface area contributed by atoms with Crippen molar-refractivity contribution in [3.8, 4) is 5.75 Å². The van der Waals surface area contributed by atoms with Crippen LogP contribution >= 0.6 is 0 Å². The van der Waals surface area contributed by atoms with Crippen molar-refractivity contribution in [2.75, 3.05) is 0 Å². The van der Waals surface area contributed by atoms with Crippen molar-refractivity contribution >= 4 is 17.7 Å². The Labute approximate surface area is 106 Å². The fourth-order valence-corrected chi connectivity index (χ4v) is 1.56. The summed E-state index contributed by atoms with van der Waals surface area (Å²) >= 11 is 2.15. The maximum atomic E-state index is 5.69. The molecule has 0 N–H and O–H groups in total. The van der Waals surface area contributed by atoms with Crippen LogP contribution in [0.1, 0.15) is 11.1 Å². The molecule has 0 aliphatic heterocycles. The standard InChI is InChI=1S/C14H13O.Li/c1-12-7-9-14(10-8-12)15-11-13-5-3-2-4-6-13;/h2-10H,1,11H2;.